The molecule has 0 aromatic carbocycles. The number of carbonyl (C=O) groups is 1. The van der Waals surface area contributed by atoms with Crippen LogP contribution in [-0.4, -0.2) is 47.4 Å². The van der Waals surface area contributed by atoms with Crippen LogP contribution in [0.3, 0.4) is 0 Å². The van der Waals surface area contributed by atoms with Gasteiger partial charge in [-0.1, -0.05) is 0 Å². The lowest BCUT2D eigenvalue weighted by molar-refractivity contribution is 0.0270. The molecule has 0 saturated carbocycles. The fraction of sp³-hybridized carbons (Fsp3) is 0.900. The van der Waals surface area contributed by atoms with E-state index in [0.717, 1.165) is 0 Å². The summed E-state index contributed by atoms with van der Waals surface area (Å²) >= 11 is 0. The minimum atomic E-state index is -0.525. The fourth-order valence-corrected chi connectivity index (χ4v) is 1.56. The Morgan fingerprint density at radius 2 is 2.13 bits per heavy atom. The van der Waals surface area contributed by atoms with Crippen molar-refractivity contribution in [3.63, 3.8) is 0 Å². The molecule has 88 valence electrons. The van der Waals surface area contributed by atoms with Gasteiger partial charge in [0, 0.05) is 12.5 Å². The first-order valence-corrected chi connectivity index (χ1v) is 5.19. The van der Waals surface area contributed by atoms with Gasteiger partial charge in [-0.05, 0) is 27.3 Å². The molecule has 2 atom stereocenters. The van der Waals surface area contributed by atoms with E-state index in [1.807, 2.05) is 20.8 Å². The largest absolute Gasteiger partial charge is 0.444 e. The molecule has 1 heterocycles. The van der Waals surface area contributed by atoms with Crippen molar-refractivity contribution < 1.29 is 14.6 Å². The van der Waals surface area contributed by atoms with E-state index in [4.69, 9.17) is 10.5 Å². The maximum Gasteiger partial charge on any atom is 0.410 e. The van der Waals surface area contributed by atoms with Gasteiger partial charge in [0.1, 0.15) is 5.60 Å². The van der Waals surface area contributed by atoms with Gasteiger partial charge in [-0.25, -0.2) is 4.79 Å². The number of carbonyl (C=O) groups excluding carboxylic acids is 1. The van der Waals surface area contributed by atoms with Crippen LogP contribution < -0.4 is 5.73 Å². The van der Waals surface area contributed by atoms with E-state index < -0.39 is 11.7 Å². The topological polar surface area (TPSA) is 75.8 Å². The van der Waals surface area contributed by atoms with Crippen LogP contribution >= 0.6 is 0 Å². The first-order valence-electron chi connectivity index (χ1n) is 5.19. The SMILES string of the molecule is CC(C)(C)OC(=O)N1CC(CN)[C@H](O)C1. The molecule has 0 spiro atoms. The number of ether oxygens (including phenoxy) is 1. The Bertz CT molecular complexity index is 237. The molecule has 3 N–H and O–H groups in total. The number of aliphatic hydroxyl groups excluding tert-OH is 1. The molecule has 0 bridgehead atoms. The molecule has 5 heteroatoms. The highest BCUT2D eigenvalue weighted by molar-refractivity contribution is 5.68. The average molecular weight is 216 g/mol. The summed E-state index contributed by atoms with van der Waals surface area (Å²) in [5, 5.41) is 9.58. The number of β-amino-alcohol motifs (C(OH)–C–C–N with tert-alkyl or cyclic N) is 1. The first kappa shape index (κ1) is 12.3. The van der Waals surface area contributed by atoms with Crippen LogP contribution in [0.15, 0.2) is 0 Å². The monoisotopic (exact) mass is 216 g/mol. The zero-order valence-electron chi connectivity index (χ0n) is 9.56. The smallest absolute Gasteiger partial charge is 0.410 e. The lowest BCUT2D eigenvalue weighted by Gasteiger charge is -2.24. The number of nitrogens with two attached hydrogens (primary N) is 1. The third kappa shape index (κ3) is 3.35. The van der Waals surface area contributed by atoms with E-state index in [0.29, 0.717) is 19.6 Å². The minimum Gasteiger partial charge on any atom is -0.444 e. The standard InChI is InChI=1S/C10H20N2O3/c1-10(2,3)15-9(14)12-5-7(4-11)8(13)6-12/h7-8,13H,4-6,11H2,1-3H3/t7?,8-/m1/s1. The normalized spacial score (nSPS) is 26.9. The van der Waals surface area contributed by atoms with E-state index in [2.05, 4.69) is 0 Å². The van der Waals surface area contributed by atoms with Gasteiger partial charge >= 0.3 is 6.09 Å². The second-order valence-corrected chi connectivity index (χ2v) is 4.95. The zero-order chi connectivity index (χ0) is 11.6. The van der Waals surface area contributed by atoms with Gasteiger partial charge < -0.3 is 20.5 Å². The van der Waals surface area contributed by atoms with E-state index in [9.17, 15) is 9.90 Å². The van der Waals surface area contributed by atoms with Crippen molar-refractivity contribution in [2.75, 3.05) is 19.6 Å². The summed E-state index contributed by atoms with van der Waals surface area (Å²) < 4.78 is 5.20. The molecule has 1 amide bonds. The molecule has 0 aromatic rings. The minimum absolute atomic E-state index is 0.0301. The molecule has 1 aliphatic heterocycles. The number of aliphatic hydroxyl groups is 1. The van der Waals surface area contributed by atoms with Crippen LogP contribution in [0.4, 0.5) is 4.79 Å². The Kier molecular flexibility index (Phi) is 3.57. The van der Waals surface area contributed by atoms with Gasteiger partial charge in [-0.2, -0.15) is 0 Å². The number of rotatable bonds is 1. The van der Waals surface area contributed by atoms with Gasteiger partial charge in [0.25, 0.3) is 0 Å². The van der Waals surface area contributed by atoms with Gasteiger partial charge in [0.05, 0.1) is 12.6 Å². The highest BCUT2D eigenvalue weighted by Gasteiger charge is 2.35. The molecule has 1 unspecified atom stereocenters. The van der Waals surface area contributed by atoms with Crippen LogP contribution in [-0.2, 0) is 4.74 Å². The first-order chi connectivity index (χ1) is 6.83. The molecule has 1 rings (SSSR count). The summed E-state index contributed by atoms with van der Waals surface area (Å²) in [5.41, 5.74) is 4.98. The lowest BCUT2D eigenvalue weighted by Crippen LogP contribution is -2.36. The Morgan fingerprint density at radius 1 is 1.53 bits per heavy atom. The molecule has 1 saturated heterocycles. The molecule has 1 fully saturated rings. The second kappa shape index (κ2) is 4.37. The van der Waals surface area contributed by atoms with Gasteiger partial charge in [0.15, 0.2) is 0 Å². The van der Waals surface area contributed by atoms with Crippen LogP contribution in [0.1, 0.15) is 20.8 Å². The van der Waals surface area contributed by atoms with Crippen LogP contribution in [0.2, 0.25) is 0 Å². The van der Waals surface area contributed by atoms with Crippen molar-refractivity contribution in [1.82, 2.24) is 4.90 Å². The van der Waals surface area contributed by atoms with E-state index in [1.165, 1.54) is 4.90 Å². The Morgan fingerprint density at radius 3 is 2.53 bits per heavy atom. The van der Waals surface area contributed by atoms with E-state index >= 15 is 0 Å². The Hall–Kier alpha value is -0.810. The van der Waals surface area contributed by atoms with Gasteiger partial charge in [-0.3, -0.25) is 0 Å². The summed E-state index contributed by atoms with van der Waals surface area (Å²) in [7, 11) is 0. The van der Waals surface area contributed by atoms with Crippen molar-refractivity contribution >= 4 is 6.09 Å². The Balaban J connectivity index is 2.50. The highest BCUT2D eigenvalue weighted by Crippen LogP contribution is 2.18. The summed E-state index contributed by atoms with van der Waals surface area (Å²) in [6.07, 6.45) is -0.903. The van der Waals surface area contributed by atoms with Crippen LogP contribution in [0.5, 0.6) is 0 Å². The molecule has 15 heavy (non-hydrogen) atoms. The third-order valence-corrected chi connectivity index (χ3v) is 2.36. The molecule has 1 aliphatic rings. The summed E-state index contributed by atoms with van der Waals surface area (Å²) in [6, 6.07) is 0. The average Bonchev–Trinajstić information content (AvgIpc) is 2.43. The van der Waals surface area contributed by atoms with E-state index in [1.54, 1.807) is 0 Å². The summed E-state index contributed by atoms with van der Waals surface area (Å²) in [6.45, 7) is 6.64. The number of nitrogens with zero attached hydrogens (tertiary/aromatic N) is 1. The van der Waals surface area contributed by atoms with Crippen LogP contribution in [0.25, 0.3) is 0 Å². The van der Waals surface area contributed by atoms with Crippen molar-refractivity contribution in [1.29, 1.82) is 0 Å². The summed E-state index contributed by atoms with van der Waals surface area (Å²) in [5.74, 6) is -0.0301. The number of amides is 1. The fourth-order valence-electron chi connectivity index (χ4n) is 1.56. The maximum atomic E-state index is 11.6. The number of hydrogen-bond acceptors (Lipinski definition) is 4. The highest BCUT2D eigenvalue weighted by atomic mass is 16.6. The molecule has 5 nitrogen and oxygen atoms in total. The lowest BCUT2D eigenvalue weighted by atomic mass is 10.1. The van der Waals surface area contributed by atoms with Crippen molar-refractivity contribution in [2.45, 2.75) is 32.5 Å². The predicted molar refractivity (Wildman–Crippen MR) is 56.4 cm³/mol. The van der Waals surface area contributed by atoms with Crippen LogP contribution in [0, 0.1) is 5.92 Å². The molecular weight excluding hydrogens is 196 g/mol. The molecule has 0 aromatic heterocycles. The molecular formula is C10H20N2O3. The summed E-state index contributed by atoms with van der Waals surface area (Å²) in [4.78, 5) is 13.1. The quantitative estimate of drug-likeness (QED) is 0.655. The van der Waals surface area contributed by atoms with Crippen molar-refractivity contribution in [2.24, 2.45) is 11.7 Å². The predicted octanol–water partition coefficient (Wildman–Crippen LogP) is 0.173. The molecule has 0 aliphatic carbocycles. The zero-order valence-corrected chi connectivity index (χ0v) is 9.56. The number of hydrogen-bond donors (Lipinski definition) is 2. The second-order valence-electron chi connectivity index (χ2n) is 4.95. The van der Waals surface area contributed by atoms with Crippen molar-refractivity contribution in [3.8, 4) is 0 Å². The van der Waals surface area contributed by atoms with Crippen molar-refractivity contribution in [3.05, 3.63) is 0 Å². The van der Waals surface area contributed by atoms with Gasteiger partial charge in [-0.15, -0.1) is 0 Å². The van der Waals surface area contributed by atoms with E-state index in [-0.39, 0.29) is 12.0 Å². The third-order valence-electron chi connectivity index (χ3n) is 2.36. The maximum absolute atomic E-state index is 11.6. The van der Waals surface area contributed by atoms with Gasteiger partial charge in [0.2, 0.25) is 0 Å². The molecule has 0 radical (unpaired) electrons. The number of likely N-dealkylation sites (tertiary alicyclic amines) is 1. The Labute approximate surface area is 90.2 Å².